The van der Waals surface area contributed by atoms with Crippen LogP contribution in [0, 0.1) is 11.6 Å². The quantitative estimate of drug-likeness (QED) is 0.517. The normalized spacial score (nSPS) is 14.0. The molecule has 0 saturated carbocycles. The molecule has 6 heteroatoms. The third-order valence-electron chi connectivity index (χ3n) is 5.36. The Bertz CT molecular complexity index is 1080. The topological polar surface area (TPSA) is 41.6 Å². The van der Waals surface area contributed by atoms with Gasteiger partial charge in [-0.2, -0.15) is 0 Å². The highest BCUT2D eigenvalue weighted by atomic mass is 19.1. The van der Waals surface area contributed by atoms with Crippen molar-refractivity contribution in [1.82, 2.24) is 4.90 Å². The van der Waals surface area contributed by atoms with Crippen LogP contribution in [0.1, 0.15) is 23.1 Å². The lowest BCUT2D eigenvalue weighted by molar-refractivity contribution is 0.155. The molecule has 0 unspecified atom stereocenters. The molecule has 3 aromatic rings. The average molecular weight is 434 g/mol. The Morgan fingerprint density at radius 1 is 0.938 bits per heavy atom. The third kappa shape index (κ3) is 5.59. The van der Waals surface area contributed by atoms with E-state index in [1.807, 2.05) is 54.6 Å². The van der Waals surface area contributed by atoms with Crippen molar-refractivity contribution in [3.8, 4) is 0 Å². The molecule has 1 amide bonds. The van der Waals surface area contributed by atoms with E-state index in [9.17, 15) is 13.6 Å². The van der Waals surface area contributed by atoms with Gasteiger partial charge in [-0.15, -0.1) is 0 Å². The molecule has 1 aliphatic rings. The standard InChI is InChI=1S/C26H24F2N2O2/c27-23-15-22(29-26(31)32-18-20-9-5-2-6-10-20)16-24(28)25(23)21-11-13-30(14-12-21)17-19-7-3-1-4-8-19/h1-11,15-16H,12-14,17-18H2,(H,29,31). The molecule has 0 saturated heterocycles. The Kier molecular flexibility index (Phi) is 6.92. The molecule has 0 aromatic heterocycles. The van der Waals surface area contributed by atoms with Gasteiger partial charge < -0.3 is 4.74 Å². The van der Waals surface area contributed by atoms with Crippen LogP contribution in [0.15, 0.2) is 78.9 Å². The van der Waals surface area contributed by atoms with Gasteiger partial charge in [-0.3, -0.25) is 10.2 Å². The maximum absolute atomic E-state index is 14.8. The van der Waals surface area contributed by atoms with Crippen LogP contribution in [0.2, 0.25) is 0 Å². The van der Waals surface area contributed by atoms with E-state index in [-0.39, 0.29) is 17.9 Å². The number of rotatable bonds is 6. The molecule has 0 spiro atoms. The Morgan fingerprint density at radius 3 is 2.16 bits per heavy atom. The van der Waals surface area contributed by atoms with E-state index in [1.54, 1.807) is 0 Å². The zero-order chi connectivity index (χ0) is 22.3. The number of carbonyl (C=O) groups excluding carboxylic acids is 1. The minimum atomic E-state index is -0.770. The molecule has 1 N–H and O–H groups in total. The lowest BCUT2D eigenvalue weighted by Crippen LogP contribution is -2.28. The number of benzene rings is 3. The maximum Gasteiger partial charge on any atom is 0.411 e. The summed E-state index contributed by atoms with van der Waals surface area (Å²) < 4.78 is 34.6. The molecular weight excluding hydrogens is 410 g/mol. The van der Waals surface area contributed by atoms with Crippen LogP contribution < -0.4 is 5.32 Å². The Balaban J connectivity index is 1.37. The van der Waals surface area contributed by atoms with Gasteiger partial charge in [0.25, 0.3) is 0 Å². The van der Waals surface area contributed by atoms with Crippen molar-refractivity contribution in [2.24, 2.45) is 0 Å². The molecule has 1 heterocycles. The number of hydrogen-bond acceptors (Lipinski definition) is 3. The largest absolute Gasteiger partial charge is 0.444 e. The van der Waals surface area contributed by atoms with E-state index in [0.717, 1.165) is 24.2 Å². The second kappa shape index (κ2) is 10.2. The van der Waals surface area contributed by atoms with Crippen LogP contribution >= 0.6 is 0 Å². The fourth-order valence-corrected chi connectivity index (χ4v) is 3.75. The molecule has 0 bridgehead atoms. The van der Waals surface area contributed by atoms with Crippen LogP contribution in [0.25, 0.3) is 5.57 Å². The minimum absolute atomic E-state index is 0.0175. The number of nitrogens with zero attached hydrogens (tertiary/aromatic N) is 1. The molecule has 4 nitrogen and oxygen atoms in total. The molecule has 164 valence electrons. The molecular formula is C26H24F2N2O2. The van der Waals surface area contributed by atoms with Crippen LogP contribution in [0.3, 0.4) is 0 Å². The van der Waals surface area contributed by atoms with E-state index < -0.39 is 17.7 Å². The molecule has 0 aliphatic carbocycles. The highest BCUT2D eigenvalue weighted by molar-refractivity contribution is 5.85. The fraction of sp³-hybridized carbons (Fsp3) is 0.192. The SMILES string of the molecule is O=C(Nc1cc(F)c(C2=CCN(Cc3ccccc3)CC2)c(F)c1)OCc1ccccc1. The molecule has 0 fully saturated rings. The van der Waals surface area contributed by atoms with Gasteiger partial charge in [0.2, 0.25) is 0 Å². The molecule has 4 rings (SSSR count). The summed E-state index contributed by atoms with van der Waals surface area (Å²) in [6.45, 7) is 2.20. The van der Waals surface area contributed by atoms with E-state index in [4.69, 9.17) is 4.74 Å². The smallest absolute Gasteiger partial charge is 0.411 e. The third-order valence-corrected chi connectivity index (χ3v) is 5.36. The zero-order valence-electron chi connectivity index (χ0n) is 17.6. The summed E-state index contributed by atoms with van der Waals surface area (Å²) in [5.74, 6) is -1.41. The van der Waals surface area contributed by atoms with Crippen molar-refractivity contribution in [3.05, 3.63) is 107 Å². The van der Waals surface area contributed by atoms with Gasteiger partial charge in [-0.25, -0.2) is 13.6 Å². The van der Waals surface area contributed by atoms with Crippen LogP contribution in [-0.4, -0.2) is 24.1 Å². The fourth-order valence-electron chi connectivity index (χ4n) is 3.75. The van der Waals surface area contributed by atoms with Crippen LogP contribution in [0.5, 0.6) is 0 Å². The van der Waals surface area contributed by atoms with Gasteiger partial charge in [0.05, 0.1) is 0 Å². The summed E-state index contributed by atoms with van der Waals surface area (Å²) in [5.41, 5.74) is 2.65. The van der Waals surface area contributed by atoms with Gasteiger partial charge in [-0.1, -0.05) is 66.7 Å². The number of halogens is 2. The summed E-state index contributed by atoms with van der Waals surface area (Å²) in [7, 11) is 0. The first-order chi connectivity index (χ1) is 15.6. The number of amides is 1. The number of ether oxygens (including phenoxy) is 1. The van der Waals surface area contributed by atoms with E-state index in [0.29, 0.717) is 25.1 Å². The first-order valence-corrected chi connectivity index (χ1v) is 10.5. The monoisotopic (exact) mass is 434 g/mol. The van der Waals surface area contributed by atoms with Crippen molar-refractivity contribution < 1.29 is 18.3 Å². The lowest BCUT2D eigenvalue weighted by Gasteiger charge is -2.27. The summed E-state index contributed by atoms with van der Waals surface area (Å²) in [6, 6.07) is 21.5. The molecule has 0 atom stereocenters. The number of carbonyl (C=O) groups is 1. The first kappa shape index (κ1) is 21.7. The predicted octanol–water partition coefficient (Wildman–Crippen LogP) is 6.00. The van der Waals surface area contributed by atoms with Crippen molar-refractivity contribution in [3.63, 3.8) is 0 Å². The maximum atomic E-state index is 14.8. The summed E-state index contributed by atoms with van der Waals surface area (Å²) in [6.07, 6.45) is 1.65. The van der Waals surface area contributed by atoms with Gasteiger partial charge in [0.1, 0.15) is 18.2 Å². The number of anilines is 1. The second-order valence-corrected chi connectivity index (χ2v) is 7.70. The van der Waals surface area contributed by atoms with Crippen LogP contribution in [-0.2, 0) is 17.9 Å². The van der Waals surface area contributed by atoms with Crippen molar-refractivity contribution in [1.29, 1.82) is 0 Å². The Hall–Kier alpha value is -3.51. The summed E-state index contributed by atoms with van der Waals surface area (Å²) >= 11 is 0. The van der Waals surface area contributed by atoms with Crippen molar-refractivity contribution in [2.45, 2.75) is 19.6 Å². The Labute approximate surface area is 186 Å². The predicted molar refractivity (Wildman–Crippen MR) is 121 cm³/mol. The lowest BCUT2D eigenvalue weighted by atomic mass is 9.97. The van der Waals surface area contributed by atoms with E-state index in [2.05, 4.69) is 22.3 Å². The zero-order valence-corrected chi connectivity index (χ0v) is 17.6. The molecule has 3 aromatic carbocycles. The van der Waals surface area contributed by atoms with Gasteiger partial charge in [0, 0.05) is 30.9 Å². The molecule has 1 aliphatic heterocycles. The van der Waals surface area contributed by atoms with Gasteiger partial charge >= 0.3 is 6.09 Å². The van der Waals surface area contributed by atoms with E-state index >= 15 is 0 Å². The van der Waals surface area contributed by atoms with Crippen LogP contribution in [0.4, 0.5) is 19.3 Å². The average Bonchev–Trinajstić information content (AvgIpc) is 2.80. The highest BCUT2D eigenvalue weighted by Gasteiger charge is 2.20. The molecule has 0 radical (unpaired) electrons. The first-order valence-electron chi connectivity index (χ1n) is 10.5. The van der Waals surface area contributed by atoms with E-state index in [1.165, 1.54) is 5.56 Å². The number of hydrogen-bond donors (Lipinski definition) is 1. The van der Waals surface area contributed by atoms with Gasteiger partial charge in [0.15, 0.2) is 0 Å². The number of nitrogens with one attached hydrogen (secondary N) is 1. The highest BCUT2D eigenvalue weighted by Crippen LogP contribution is 2.30. The minimum Gasteiger partial charge on any atom is -0.444 e. The summed E-state index contributed by atoms with van der Waals surface area (Å²) in [5, 5.41) is 2.39. The molecule has 32 heavy (non-hydrogen) atoms. The van der Waals surface area contributed by atoms with Crippen molar-refractivity contribution in [2.75, 3.05) is 18.4 Å². The van der Waals surface area contributed by atoms with Crippen molar-refractivity contribution >= 4 is 17.4 Å². The van der Waals surface area contributed by atoms with Gasteiger partial charge in [-0.05, 0) is 35.3 Å². The second-order valence-electron chi connectivity index (χ2n) is 7.70. The Morgan fingerprint density at radius 2 is 1.56 bits per heavy atom. The summed E-state index contributed by atoms with van der Waals surface area (Å²) in [4.78, 5) is 14.2.